The van der Waals surface area contributed by atoms with E-state index < -0.39 is 28.7 Å². The molecule has 1 atom stereocenters. The van der Waals surface area contributed by atoms with Crippen LogP contribution in [0.2, 0.25) is 5.02 Å². The highest BCUT2D eigenvalue weighted by molar-refractivity contribution is 6.34. The Balaban J connectivity index is 2.21. The number of nitro groups is 1. The van der Waals surface area contributed by atoms with Gasteiger partial charge in [-0.2, -0.15) is 0 Å². The van der Waals surface area contributed by atoms with Crippen molar-refractivity contribution in [3.63, 3.8) is 0 Å². The highest BCUT2D eigenvalue weighted by Crippen LogP contribution is 2.22. The zero-order valence-electron chi connectivity index (χ0n) is 10.8. The summed E-state index contributed by atoms with van der Waals surface area (Å²) in [6.45, 7) is 0. The molecule has 1 aliphatic heterocycles. The minimum Gasteiger partial charge on any atom is -0.340 e. The number of carbonyl (C=O) groups excluding carboxylic acids is 3. The molecular formula is C12H10ClN3O5. The number of benzene rings is 1. The molecule has 8 nitrogen and oxygen atoms in total. The number of halogens is 1. The van der Waals surface area contributed by atoms with Crippen molar-refractivity contribution in [2.75, 3.05) is 7.05 Å². The topological polar surface area (TPSA) is 110 Å². The summed E-state index contributed by atoms with van der Waals surface area (Å²) in [4.78, 5) is 46.1. The second kappa shape index (κ2) is 5.49. The monoisotopic (exact) mass is 311 g/mol. The molecule has 0 spiro atoms. The van der Waals surface area contributed by atoms with Crippen molar-refractivity contribution in [2.45, 2.75) is 12.5 Å². The fourth-order valence-corrected chi connectivity index (χ4v) is 2.11. The number of imide groups is 1. The third-order valence-corrected chi connectivity index (χ3v) is 3.42. The molecule has 1 aromatic carbocycles. The number of carbonyl (C=O) groups is 3. The molecule has 2 rings (SSSR count). The highest BCUT2D eigenvalue weighted by Gasteiger charge is 2.37. The first kappa shape index (κ1) is 14.9. The number of rotatable bonds is 3. The van der Waals surface area contributed by atoms with Gasteiger partial charge in [0.25, 0.3) is 17.5 Å². The third kappa shape index (κ3) is 2.84. The maximum atomic E-state index is 12.1. The van der Waals surface area contributed by atoms with E-state index in [1.54, 1.807) is 0 Å². The van der Waals surface area contributed by atoms with Gasteiger partial charge in [0.05, 0.1) is 21.9 Å². The molecule has 3 amide bonds. The van der Waals surface area contributed by atoms with Crippen LogP contribution < -0.4 is 5.32 Å². The predicted molar refractivity (Wildman–Crippen MR) is 71.8 cm³/mol. The Kier molecular flexibility index (Phi) is 3.90. The SMILES string of the molecule is CN1C(=O)CC(NC(=O)c2cc([N+](=O)[O-])ccc2Cl)C1=O. The van der Waals surface area contributed by atoms with E-state index in [1.807, 2.05) is 0 Å². The van der Waals surface area contributed by atoms with Crippen LogP contribution in [-0.4, -0.2) is 40.6 Å². The number of nitro benzene ring substituents is 1. The Morgan fingerprint density at radius 2 is 2.14 bits per heavy atom. The van der Waals surface area contributed by atoms with Gasteiger partial charge in [0, 0.05) is 19.2 Å². The van der Waals surface area contributed by atoms with Crippen molar-refractivity contribution in [2.24, 2.45) is 0 Å². The number of non-ortho nitro benzene ring substituents is 1. The highest BCUT2D eigenvalue weighted by atomic mass is 35.5. The minimum atomic E-state index is -0.981. The van der Waals surface area contributed by atoms with Crippen molar-refractivity contribution < 1.29 is 19.3 Å². The number of likely N-dealkylation sites (tertiary alicyclic amines) is 1. The van der Waals surface area contributed by atoms with Crippen LogP contribution >= 0.6 is 11.6 Å². The second-order valence-electron chi connectivity index (χ2n) is 4.44. The lowest BCUT2D eigenvalue weighted by Crippen LogP contribution is -2.40. The molecule has 1 aliphatic rings. The van der Waals surface area contributed by atoms with Gasteiger partial charge in [-0.15, -0.1) is 0 Å². The first-order valence-electron chi connectivity index (χ1n) is 5.86. The maximum absolute atomic E-state index is 12.1. The average Bonchev–Trinajstić information content (AvgIpc) is 2.66. The van der Waals surface area contributed by atoms with Crippen LogP contribution in [-0.2, 0) is 9.59 Å². The van der Waals surface area contributed by atoms with E-state index in [2.05, 4.69) is 5.32 Å². The predicted octanol–water partition coefficient (Wildman–Crippen LogP) is 0.735. The van der Waals surface area contributed by atoms with Crippen molar-refractivity contribution in [3.05, 3.63) is 38.9 Å². The van der Waals surface area contributed by atoms with Gasteiger partial charge in [-0.25, -0.2) is 0 Å². The normalized spacial score (nSPS) is 18.0. The van der Waals surface area contributed by atoms with Gasteiger partial charge in [-0.3, -0.25) is 29.4 Å². The fraction of sp³-hybridized carbons (Fsp3) is 0.250. The van der Waals surface area contributed by atoms with E-state index >= 15 is 0 Å². The third-order valence-electron chi connectivity index (χ3n) is 3.09. The van der Waals surface area contributed by atoms with Gasteiger partial charge in [-0.05, 0) is 6.07 Å². The lowest BCUT2D eigenvalue weighted by atomic mass is 10.1. The number of likely N-dealkylation sites (N-methyl/N-ethyl adjacent to an activating group) is 1. The smallest absolute Gasteiger partial charge is 0.270 e. The van der Waals surface area contributed by atoms with Gasteiger partial charge in [-0.1, -0.05) is 11.6 Å². The summed E-state index contributed by atoms with van der Waals surface area (Å²) >= 11 is 5.83. The second-order valence-corrected chi connectivity index (χ2v) is 4.85. The van der Waals surface area contributed by atoms with Crippen molar-refractivity contribution in [1.29, 1.82) is 0 Å². The molecule has 0 bridgehead atoms. The summed E-state index contributed by atoms with van der Waals surface area (Å²) in [5, 5.41) is 13.1. The van der Waals surface area contributed by atoms with Crippen LogP contribution in [0.4, 0.5) is 5.69 Å². The quantitative estimate of drug-likeness (QED) is 0.503. The molecule has 0 radical (unpaired) electrons. The summed E-state index contributed by atoms with van der Waals surface area (Å²) < 4.78 is 0. The molecule has 0 aliphatic carbocycles. The molecule has 0 saturated carbocycles. The largest absolute Gasteiger partial charge is 0.340 e. The van der Waals surface area contributed by atoms with Gasteiger partial charge in [0.2, 0.25) is 5.91 Å². The molecular weight excluding hydrogens is 302 g/mol. The number of hydrogen-bond acceptors (Lipinski definition) is 5. The number of amides is 3. The van der Waals surface area contributed by atoms with Crippen LogP contribution in [0.15, 0.2) is 18.2 Å². The van der Waals surface area contributed by atoms with E-state index in [9.17, 15) is 24.5 Å². The molecule has 1 fully saturated rings. The standard InChI is InChI=1S/C12H10ClN3O5/c1-15-10(17)5-9(12(15)19)14-11(18)7-4-6(16(20)21)2-3-8(7)13/h2-4,9H,5H2,1H3,(H,14,18). The Hall–Kier alpha value is -2.48. The van der Waals surface area contributed by atoms with E-state index in [0.717, 1.165) is 17.0 Å². The van der Waals surface area contributed by atoms with Crippen LogP contribution in [0.5, 0.6) is 0 Å². The molecule has 1 aromatic rings. The zero-order valence-corrected chi connectivity index (χ0v) is 11.6. The van der Waals surface area contributed by atoms with Crippen LogP contribution in [0.25, 0.3) is 0 Å². The molecule has 1 heterocycles. The Morgan fingerprint density at radius 1 is 1.48 bits per heavy atom. The van der Waals surface area contributed by atoms with Crippen LogP contribution in [0.1, 0.15) is 16.8 Å². The fourth-order valence-electron chi connectivity index (χ4n) is 1.91. The molecule has 1 unspecified atom stereocenters. The van der Waals surface area contributed by atoms with Gasteiger partial charge < -0.3 is 5.32 Å². The average molecular weight is 312 g/mol. The molecule has 21 heavy (non-hydrogen) atoms. The van der Waals surface area contributed by atoms with Crippen molar-refractivity contribution in [1.82, 2.24) is 10.2 Å². The van der Waals surface area contributed by atoms with Gasteiger partial charge in [0.1, 0.15) is 6.04 Å². The first-order chi connectivity index (χ1) is 9.81. The minimum absolute atomic E-state index is 0.0169. The lowest BCUT2D eigenvalue weighted by molar-refractivity contribution is -0.384. The Labute approximate surface area is 123 Å². The summed E-state index contributed by atoms with van der Waals surface area (Å²) in [6, 6.07) is 2.42. The van der Waals surface area contributed by atoms with Crippen LogP contribution in [0.3, 0.4) is 0 Å². The summed E-state index contributed by atoms with van der Waals surface area (Å²) in [6.07, 6.45) is -0.145. The lowest BCUT2D eigenvalue weighted by Gasteiger charge is -2.11. The van der Waals surface area contributed by atoms with E-state index in [1.165, 1.54) is 13.1 Å². The Morgan fingerprint density at radius 3 is 2.67 bits per heavy atom. The first-order valence-corrected chi connectivity index (χ1v) is 6.24. The van der Waals surface area contributed by atoms with Crippen LogP contribution in [0, 0.1) is 10.1 Å². The summed E-state index contributed by atoms with van der Waals surface area (Å²) in [5.74, 6) is -1.68. The number of nitrogens with one attached hydrogen (secondary N) is 1. The number of nitrogens with zero attached hydrogens (tertiary/aromatic N) is 2. The molecule has 1 saturated heterocycles. The molecule has 9 heteroatoms. The van der Waals surface area contributed by atoms with E-state index in [0.29, 0.717) is 0 Å². The molecule has 1 N–H and O–H groups in total. The van der Waals surface area contributed by atoms with Gasteiger partial charge >= 0.3 is 0 Å². The van der Waals surface area contributed by atoms with E-state index in [4.69, 9.17) is 11.6 Å². The van der Waals surface area contributed by atoms with Crippen molar-refractivity contribution >= 4 is 35.0 Å². The van der Waals surface area contributed by atoms with Crippen molar-refractivity contribution in [3.8, 4) is 0 Å². The molecule has 110 valence electrons. The zero-order chi connectivity index (χ0) is 15.7. The maximum Gasteiger partial charge on any atom is 0.270 e. The Bertz CT molecular complexity index is 660. The molecule has 0 aromatic heterocycles. The number of hydrogen-bond donors (Lipinski definition) is 1. The summed E-state index contributed by atoms with van der Waals surface area (Å²) in [5.41, 5.74) is -0.420. The summed E-state index contributed by atoms with van der Waals surface area (Å²) in [7, 11) is 1.32. The van der Waals surface area contributed by atoms with Gasteiger partial charge in [0.15, 0.2) is 0 Å². The van der Waals surface area contributed by atoms with E-state index in [-0.39, 0.29) is 22.7 Å².